The van der Waals surface area contributed by atoms with E-state index in [-0.39, 0.29) is 11.9 Å². The van der Waals surface area contributed by atoms with Gasteiger partial charge in [-0.3, -0.25) is 14.6 Å². The number of carbonyl (C=O) groups excluding carboxylic acids is 1. The molecule has 1 amide bonds. The van der Waals surface area contributed by atoms with Crippen LogP contribution < -0.4 is 4.90 Å². The average Bonchev–Trinajstić information content (AvgIpc) is 3.18. The number of fused-ring (bicyclic) bond motifs is 2. The van der Waals surface area contributed by atoms with Crippen molar-refractivity contribution in [3.8, 4) is 0 Å². The van der Waals surface area contributed by atoms with Crippen molar-refractivity contribution in [2.24, 2.45) is 0 Å². The van der Waals surface area contributed by atoms with Gasteiger partial charge in [0.2, 0.25) is 5.91 Å². The second-order valence-electron chi connectivity index (χ2n) is 9.26. The third-order valence-corrected chi connectivity index (χ3v) is 7.11. The maximum absolute atomic E-state index is 12.7. The van der Waals surface area contributed by atoms with Gasteiger partial charge in [-0.05, 0) is 58.2 Å². The Morgan fingerprint density at radius 2 is 1.91 bits per heavy atom. The predicted octanol–water partition coefficient (Wildman–Crippen LogP) is 4.57. The van der Waals surface area contributed by atoms with Crippen LogP contribution in [0.1, 0.15) is 74.9 Å². The molecule has 1 atom stereocenters. The minimum absolute atomic E-state index is 0.147. The molecule has 0 spiro atoms. The van der Waals surface area contributed by atoms with Crippen molar-refractivity contribution in [2.45, 2.75) is 78.4 Å². The van der Waals surface area contributed by atoms with Crippen LogP contribution in [0.4, 0.5) is 5.82 Å². The highest BCUT2D eigenvalue weighted by molar-refractivity contribution is 5.95. The number of carbonyl (C=O) groups is 1. The normalized spacial score (nSPS) is 19.3. The van der Waals surface area contributed by atoms with Crippen molar-refractivity contribution in [1.82, 2.24) is 24.4 Å². The van der Waals surface area contributed by atoms with Gasteiger partial charge in [-0.2, -0.15) is 0 Å². The lowest BCUT2D eigenvalue weighted by Gasteiger charge is -2.36. The number of likely N-dealkylation sites (tertiary alicyclic amines) is 1. The number of nitrogens with zero attached hydrogens (tertiary/aromatic N) is 6. The molecule has 7 nitrogen and oxygen atoms in total. The zero-order valence-corrected chi connectivity index (χ0v) is 20.0. The van der Waals surface area contributed by atoms with E-state index in [1.54, 1.807) is 0 Å². The SMILES string of the molecule is CCCN1C(=O)CCc2c(C)nc(C3CCCCN3Cc3nc4ccccc4n3CC)nc21. The quantitative estimate of drug-likeness (QED) is 0.555. The van der Waals surface area contributed by atoms with Gasteiger partial charge in [-0.15, -0.1) is 0 Å². The molecule has 0 N–H and O–H groups in total. The molecule has 2 aromatic heterocycles. The molecule has 1 fully saturated rings. The van der Waals surface area contributed by atoms with Crippen LogP contribution in [0.15, 0.2) is 24.3 Å². The van der Waals surface area contributed by atoms with E-state index in [9.17, 15) is 4.79 Å². The molecule has 2 aliphatic heterocycles. The van der Waals surface area contributed by atoms with Crippen molar-refractivity contribution in [3.05, 3.63) is 47.2 Å². The van der Waals surface area contributed by atoms with E-state index in [0.29, 0.717) is 6.42 Å². The van der Waals surface area contributed by atoms with Gasteiger partial charge in [0, 0.05) is 30.8 Å². The van der Waals surface area contributed by atoms with Crippen LogP contribution in [0.2, 0.25) is 0 Å². The van der Waals surface area contributed by atoms with Crippen LogP contribution in [0, 0.1) is 6.92 Å². The topological polar surface area (TPSA) is 67.2 Å². The maximum Gasteiger partial charge on any atom is 0.228 e. The molecule has 3 aromatic rings. The number of imidazole rings is 1. The number of rotatable bonds is 6. The summed E-state index contributed by atoms with van der Waals surface area (Å²) in [6.07, 6.45) is 5.60. The van der Waals surface area contributed by atoms with Gasteiger partial charge >= 0.3 is 0 Å². The molecule has 0 aliphatic carbocycles. The van der Waals surface area contributed by atoms with Crippen LogP contribution in [0.5, 0.6) is 0 Å². The highest BCUT2D eigenvalue weighted by Crippen LogP contribution is 2.35. The fourth-order valence-electron chi connectivity index (χ4n) is 5.46. The first-order valence-electron chi connectivity index (χ1n) is 12.5. The Kier molecular flexibility index (Phi) is 6.15. The lowest BCUT2D eigenvalue weighted by Crippen LogP contribution is -2.39. The van der Waals surface area contributed by atoms with E-state index in [0.717, 1.165) is 79.7 Å². The van der Waals surface area contributed by atoms with Crippen molar-refractivity contribution in [1.29, 1.82) is 0 Å². The van der Waals surface area contributed by atoms with Gasteiger partial charge in [-0.25, -0.2) is 15.0 Å². The van der Waals surface area contributed by atoms with Crippen LogP contribution in [-0.2, 0) is 24.3 Å². The summed E-state index contributed by atoms with van der Waals surface area (Å²) in [6.45, 7) is 9.78. The number of benzene rings is 1. The van der Waals surface area contributed by atoms with Gasteiger partial charge in [0.25, 0.3) is 0 Å². The summed E-state index contributed by atoms with van der Waals surface area (Å²) < 4.78 is 2.32. The summed E-state index contributed by atoms with van der Waals surface area (Å²) in [5, 5.41) is 0. The Labute approximate surface area is 195 Å². The van der Waals surface area contributed by atoms with Crippen molar-refractivity contribution < 1.29 is 4.79 Å². The van der Waals surface area contributed by atoms with Crippen molar-refractivity contribution >= 4 is 22.8 Å². The molecule has 33 heavy (non-hydrogen) atoms. The second-order valence-corrected chi connectivity index (χ2v) is 9.26. The lowest BCUT2D eigenvalue weighted by molar-refractivity contribution is -0.119. The number of piperidine rings is 1. The highest BCUT2D eigenvalue weighted by Gasteiger charge is 2.32. The van der Waals surface area contributed by atoms with Crippen LogP contribution in [0.3, 0.4) is 0 Å². The molecule has 0 saturated carbocycles. The van der Waals surface area contributed by atoms with Crippen LogP contribution in [0.25, 0.3) is 11.0 Å². The predicted molar refractivity (Wildman–Crippen MR) is 130 cm³/mol. The minimum Gasteiger partial charge on any atom is -0.327 e. The van der Waals surface area contributed by atoms with E-state index in [1.165, 1.54) is 18.4 Å². The number of amides is 1. The number of hydrogen-bond acceptors (Lipinski definition) is 5. The molecule has 1 saturated heterocycles. The first-order chi connectivity index (χ1) is 16.1. The van der Waals surface area contributed by atoms with Gasteiger partial charge in [-0.1, -0.05) is 25.5 Å². The molecule has 1 aromatic carbocycles. The zero-order chi connectivity index (χ0) is 22.9. The molecule has 0 bridgehead atoms. The number of anilines is 1. The number of aryl methyl sites for hydroxylation is 2. The van der Waals surface area contributed by atoms with Crippen molar-refractivity contribution in [2.75, 3.05) is 18.0 Å². The van der Waals surface area contributed by atoms with Gasteiger partial charge in [0.15, 0.2) is 0 Å². The summed E-state index contributed by atoms with van der Waals surface area (Å²) in [7, 11) is 0. The first kappa shape index (κ1) is 22.0. The molecule has 1 unspecified atom stereocenters. The monoisotopic (exact) mass is 446 g/mol. The summed E-state index contributed by atoms with van der Waals surface area (Å²) in [6, 6.07) is 8.52. The molecule has 4 heterocycles. The number of hydrogen-bond donors (Lipinski definition) is 0. The molecule has 7 heteroatoms. The number of aromatic nitrogens is 4. The third kappa shape index (κ3) is 4.03. The Morgan fingerprint density at radius 3 is 2.73 bits per heavy atom. The molecular weight excluding hydrogens is 412 g/mol. The van der Waals surface area contributed by atoms with Gasteiger partial charge in [0.1, 0.15) is 17.5 Å². The fraction of sp³-hybridized carbons (Fsp3) is 0.538. The highest BCUT2D eigenvalue weighted by atomic mass is 16.2. The second kappa shape index (κ2) is 9.21. The molecule has 2 aliphatic rings. The van der Waals surface area contributed by atoms with Crippen LogP contribution >= 0.6 is 0 Å². The summed E-state index contributed by atoms with van der Waals surface area (Å²) in [5.41, 5.74) is 4.41. The first-order valence-corrected chi connectivity index (χ1v) is 12.5. The third-order valence-electron chi connectivity index (χ3n) is 7.11. The van der Waals surface area contributed by atoms with E-state index < -0.39 is 0 Å². The summed E-state index contributed by atoms with van der Waals surface area (Å²) in [5.74, 6) is 3.00. The summed E-state index contributed by atoms with van der Waals surface area (Å²) in [4.78, 5) is 32.0. The minimum atomic E-state index is 0.147. The van der Waals surface area contributed by atoms with E-state index in [4.69, 9.17) is 15.0 Å². The molecule has 5 rings (SSSR count). The zero-order valence-electron chi connectivity index (χ0n) is 20.0. The largest absolute Gasteiger partial charge is 0.327 e. The lowest BCUT2D eigenvalue weighted by atomic mass is 9.99. The molecular formula is C26H34N6O. The molecule has 174 valence electrons. The maximum atomic E-state index is 12.7. The average molecular weight is 447 g/mol. The summed E-state index contributed by atoms with van der Waals surface area (Å²) >= 11 is 0. The van der Waals surface area contributed by atoms with E-state index in [1.807, 2.05) is 4.90 Å². The fourth-order valence-corrected chi connectivity index (χ4v) is 5.46. The smallest absolute Gasteiger partial charge is 0.228 e. The Morgan fingerprint density at radius 1 is 1.06 bits per heavy atom. The van der Waals surface area contributed by atoms with Gasteiger partial charge < -0.3 is 4.57 Å². The Bertz CT molecular complexity index is 1170. The Balaban J connectivity index is 1.50. The number of para-hydroxylation sites is 2. The van der Waals surface area contributed by atoms with E-state index >= 15 is 0 Å². The standard InChI is InChI=1S/C26H34N6O/c1-4-15-32-24(33)14-13-19-18(3)27-25(29-26(19)32)22-12-8-9-16-30(22)17-23-28-20-10-6-7-11-21(20)31(23)5-2/h6-7,10-11,22H,4-5,8-9,12-17H2,1-3H3. The van der Waals surface area contributed by atoms with E-state index in [2.05, 4.69) is 54.5 Å². The molecule has 0 radical (unpaired) electrons. The van der Waals surface area contributed by atoms with Crippen molar-refractivity contribution in [3.63, 3.8) is 0 Å². The Hall–Kier alpha value is -2.80. The van der Waals surface area contributed by atoms with Crippen LogP contribution in [-0.4, -0.2) is 43.4 Å². The van der Waals surface area contributed by atoms with Gasteiger partial charge in [0.05, 0.1) is 23.6 Å².